The van der Waals surface area contributed by atoms with Crippen molar-refractivity contribution in [3.8, 4) is 5.88 Å². The third-order valence-electron chi connectivity index (χ3n) is 1.66. The van der Waals surface area contributed by atoms with E-state index in [0.717, 1.165) is 0 Å². The van der Waals surface area contributed by atoms with E-state index in [9.17, 15) is 36.9 Å². The molecule has 100 valence electrons. The summed E-state index contributed by atoms with van der Waals surface area (Å²) in [6.45, 7) is 0. The summed E-state index contributed by atoms with van der Waals surface area (Å²) in [7, 11) is 0. The number of nitrogens with zero attached hydrogens (tertiary/aromatic N) is 1. The molecule has 0 aromatic carbocycles. The Kier molecular flexibility index (Phi) is 3.53. The maximum absolute atomic E-state index is 12.5. The quantitative estimate of drug-likeness (QED) is 0.519. The Hall–Kier alpha value is -2.20. The average Bonchev–Trinajstić information content (AvgIpc) is 2.12. The highest BCUT2D eigenvalue weighted by atomic mass is 19.4. The molecule has 0 aliphatic carbocycles. The van der Waals surface area contributed by atoms with E-state index < -0.39 is 40.4 Å². The number of aromatic amines is 1. The maximum Gasteiger partial charge on any atom is 0.574 e. The molecule has 6 nitrogen and oxygen atoms in total. The Labute approximate surface area is 94.1 Å². The zero-order chi connectivity index (χ0) is 14.1. The van der Waals surface area contributed by atoms with Crippen molar-refractivity contribution in [1.82, 2.24) is 4.98 Å². The van der Waals surface area contributed by atoms with E-state index in [0.29, 0.717) is 0 Å². The number of nitro groups is 1. The first-order chi connectivity index (χ1) is 8.11. The number of halogens is 5. The SMILES string of the molecule is O=c1cc([N+](=O)[O-])c(C(F)F)c(OC(F)(F)F)[nH]1. The molecule has 1 N–H and O–H groups in total. The topological polar surface area (TPSA) is 85.2 Å². The van der Waals surface area contributed by atoms with Crippen LogP contribution in [0.4, 0.5) is 27.6 Å². The Morgan fingerprint density at radius 2 is 1.94 bits per heavy atom. The van der Waals surface area contributed by atoms with Crippen LogP contribution in [0.25, 0.3) is 0 Å². The summed E-state index contributed by atoms with van der Waals surface area (Å²) in [5.41, 5.74) is -4.46. The van der Waals surface area contributed by atoms with E-state index in [-0.39, 0.29) is 6.07 Å². The molecule has 11 heteroatoms. The van der Waals surface area contributed by atoms with E-state index in [2.05, 4.69) is 4.74 Å². The number of rotatable bonds is 3. The van der Waals surface area contributed by atoms with E-state index in [1.54, 1.807) is 0 Å². The number of aromatic nitrogens is 1. The average molecular weight is 274 g/mol. The molecule has 0 amide bonds. The molecule has 0 bridgehead atoms. The summed E-state index contributed by atoms with van der Waals surface area (Å²) in [4.78, 5) is 21.1. The fourth-order valence-corrected chi connectivity index (χ4v) is 1.09. The van der Waals surface area contributed by atoms with E-state index in [1.807, 2.05) is 0 Å². The Bertz CT molecular complexity index is 524. The first kappa shape index (κ1) is 13.9. The standard InChI is InChI=1S/C7H3F5N2O4/c8-5(9)4-2(14(16)17)1-3(15)13-6(4)18-7(10,11)12/h1,5H,(H,13,15). The monoisotopic (exact) mass is 274 g/mol. The van der Waals surface area contributed by atoms with Gasteiger partial charge in [0.2, 0.25) is 5.88 Å². The Balaban J connectivity index is 3.49. The third-order valence-corrected chi connectivity index (χ3v) is 1.66. The highest BCUT2D eigenvalue weighted by Gasteiger charge is 2.37. The van der Waals surface area contributed by atoms with Gasteiger partial charge in [-0.2, -0.15) is 0 Å². The van der Waals surface area contributed by atoms with Gasteiger partial charge >= 0.3 is 6.36 Å². The van der Waals surface area contributed by atoms with Crippen LogP contribution in [-0.4, -0.2) is 16.3 Å². The van der Waals surface area contributed by atoms with Gasteiger partial charge in [0.1, 0.15) is 0 Å². The summed E-state index contributed by atoms with van der Waals surface area (Å²) >= 11 is 0. The highest BCUT2D eigenvalue weighted by Crippen LogP contribution is 2.36. The zero-order valence-electron chi connectivity index (χ0n) is 8.12. The molecule has 0 aliphatic rings. The van der Waals surface area contributed by atoms with Crippen LogP contribution in [0.5, 0.6) is 5.88 Å². The first-order valence-electron chi connectivity index (χ1n) is 4.07. The molecule has 0 unspecified atom stereocenters. The second kappa shape index (κ2) is 4.58. The van der Waals surface area contributed by atoms with Crippen LogP contribution in [0.1, 0.15) is 12.0 Å². The van der Waals surface area contributed by atoms with Crippen LogP contribution in [0.3, 0.4) is 0 Å². The molecule has 1 aromatic heterocycles. The van der Waals surface area contributed by atoms with E-state index >= 15 is 0 Å². The van der Waals surface area contributed by atoms with Crippen LogP contribution < -0.4 is 10.3 Å². The maximum atomic E-state index is 12.5. The van der Waals surface area contributed by atoms with Gasteiger partial charge in [0, 0.05) is 0 Å². The lowest BCUT2D eigenvalue weighted by atomic mass is 10.2. The van der Waals surface area contributed by atoms with Crippen molar-refractivity contribution in [2.45, 2.75) is 12.8 Å². The Morgan fingerprint density at radius 3 is 2.33 bits per heavy atom. The lowest BCUT2D eigenvalue weighted by molar-refractivity contribution is -0.386. The fourth-order valence-electron chi connectivity index (χ4n) is 1.09. The van der Waals surface area contributed by atoms with Crippen molar-refractivity contribution in [3.63, 3.8) is 0 Å². The van der Waals surface area contributed by atoms with Crippen molar-refractivity contribution in [2.75, 3.05) is 0 Å². The first-order valence-corrected chi connectivity index (χ1v) is 4.07. The molecule has 0 aliphatic heterocycles. The molecule has 0 radical (unpaired) electrons. The zero-order valence-corrected chi connectivity index (χ0v) is 8.12. The van der Waals surface area contributed by atoms with Gasteiger partial charge < -0.3 is 4.74 Å². The van der Waals surface area contributed by atoms with Crippen LogP contribution >= 0.6 is 0 Å². The number of pyridine rings is 1. The van der Waals surface area contributed by atoms with Crippen LogP contribution in [0.15, 0.2) is 10.9 Å². The Morgan fingerprint density at radius 1 is 1.39 bits per heavy atom. The van der Waals surface area contributed by atoms with Crippen LogP contribution in [0, 0.1) is 10.1 Å². The fraction of sp³-hybridized carbons (Fsp3) is 0.286. The van der Waals surface area contributed by atoms with Gasteiger partial charge in [0.25, 0.3) is 17.7 Å². The predicted molar refractivity (Wildman–Crippen MR) is 45.4 cm³/mol. The molecular formula is C7H3F5N2O4. The summed E-state index contributed by atoms with van der Waals surface area (Å²) in [5.74, 6) is -1.70. The minimum atomic E-state index is -5.37. The minimum Gasteiger partial charge on any atom is -0.389 e. The molecule has 0 saturated carbocycles. The number of H-pyrrole nitrogens is 1. The molecule has 1 aromatic rings. The molecule has 0 spiro atoms. The molecule has 18 heavy (non-hydrogen) atoms. The number of ether oxygens (including phenoxy) is 1. The van der Waals surface area contributed by atoms with E-state index in [1.165, 1.54) is 4.98 Å². The van der Waals surface area contributed by atoms with Gasteiger partial charge in [-0.25, -0.2) is 8.78 Å². The lowest BCUT2D eigenvalue weighted by Crippen LogP contribution is -2.22. The second-order valence-electron chi connectivity index (χ2n) is 2.87. The molecule has 0 saturated heterocycles. The third kappa shape index (κ3) is 3.15. The van der Waals surface area contributed by atoms with Gasteiger partial charge in [0.15, 0.2) is 5.56 Å². The summed E-state index contributed by atoms with van der Waals surface area (Å²) in [5, 5.41) is 10.4. The molecule has 1 heterocycles. The second-order valence-corrected chi connectivity index (χ2v) is 2.87. The largest absolute Gasteiger partial charge is 0.574 e. The lowest BCUT2D eigenvalue weighted by Gasteiger charge is -2.11. The molecule has 0 atom stereocenters. The normalized spacial score (nSPS) is 11.7. The van der Waals surface area contributed by atoms with Crippen molar-refractivity contribution < 1.29 is 31.6 Å². The number of hydrogen-bond donors (Lipinski definition) is 1. The van der Waals surface area contributed by atoms with Crippen molar-refractivity contribution in [3.05, 3.63) is 32.1 Å². The summed E-state index contributed by atoms with van der Waals surface area (Å²) < 4.78 is 63.8. The summed E-state index contributed by atoms with van der Waals surface area (Å²) in [6.07, 6.45) is -9.00. The van der Waals surface area contributed by atoms with Crippen LogP contribution in [0.2, 0.25) is 0 Å². The number of nitrogens with one attached hydrogen (secondary N) is 1. The molecular weight excluding hydrogens is 271 g/mol. The number of hydrogen-bond acceptors (Lipinski definition) is 4. The highest BCUT2D eigenvalue weighted by molar-refractivity contribution is 5.46. The van der Waals surface area contributed by atoms with Crippen molar-refractivity contribution >= 4 is 5.69 Å². The number of alkyl halides is 5. The van der Waals surface area contributed by atoms with Crippen LogP contribution in [-0.2, 0) is 0 Å². The van der Waals surface area contributed by atoms with Crippen molar-refractivity contribution in [1.29, 1.82) is 0 Å². The van der Waals surface area contributed by atoms with Crippen molar-refractivity contribution in [2.24, 2.45) is 0 Å². The molecule has 1 rings (SSSR count). The minimum absolute atomic E-state index is 0.144. The van der Waals surface area contributed by atoms with Gasteiger partial charge in [-0.1, -0.05) is 0 Å². The summed E-state index contributed by atoms with van der Waals surface area (Å²) in [6, 6.07) is 0.144. The predicted octanol–water partition coefficient (Wildman–Crippen LogP) is 2.12. The van der Waals surface area contributed by atoms with Gasteiger partial charge in [0.05, 0.1) is 11.0 Å². The molecule has 0 fully saturated rings. The van der Waals surface area contributed by atoms with Gasteiger partial charge in [-0.15, -0.1) is 13.2 Å². The van der Waals surface area contributed by atoms with Gasteiger partial charge in [-0.3, -0.25) is 19.9 Å². The smallest absolute Gasteiger partial charge is 0.389 e. The van der Waals surface area contributed by atoms with E-state index in [4.69, 9.17) is 0 Å². The van der Waals surface area contributed by atoms with Gasteiger partial charge in [-0.05, 0) is 0 Å².